The van der Waals surface area contributed by atoms with Gasteiger partial charge in [-0.25, -0.2) is 0 Å². The molecule has 1 fully saturated rings. The SMILES string of the molecule is CN(C)CCCNC(=O)c1cc(NC(=O)c2cc(NC(=O)[C@H]3C[C@@H]3C(=O)Nc3cc(C(=O)Nc4cc(C(=O)NCCCN(C)C)n(C)c4)n(C)c3)cn2C)cn1C.Cl. The van der Waals surface area contributed by atoms with Gasteiger partial charge in [0.15, 0.2) is 0 Å². The van der Waals surface area contributed by atoms with Crippen LogP contribution in [0.2, 0.25) is 0 Å². The normalized spacial score (nSPS) is 14.4. The Balaban J connectivity index is 0.00000744. The van der Waals surface area contributed by atoms with Gasteiger partial charge in [-0.15, -0.1) is 12.4 Å². The molecular weight excluding hydrogens is 768 g/mol. The Morgan fingerprint density at radius 2 is 0.810 bits per heavy atom. The summed E-state index contributed by atoms with van der Waals surface area (Å²) >= 11 is 0. The Morgan fingerprint density at radius 3 is 1.12 bits per heavy atom. The maximum absolute atomic E-state index is 13.2. The zero-order valence-electron chi connectivity index (χ0n) is 34.3. The molecular formula is C39H55ClN12O6. The summed E-state index contributed by atoms with van der Waals surface area (Å²) in [6.07, 6.45) is 8.48. The quantitative estimate of drug-likeness (QED) is 0.0823. The van der Waals surface area contributed by atoms with Crippen LogP contribution in [0.15, 0.2) is 49.1 Å². The number of hydrogen-bond donors (Lipinski definition) is 6. The molecule has 0 aliphatic heterocycles. The second-order valence-electron chi connectivity index (χ2n) is 15.1. The average molecular weight is 823 g/mol. The molecule has 1 saturated carbocycles. The molecule has 0 aromatic carbocycles. The van der Waals surface area contributed by atoms with Crippen molar-refractivity contribution >= 4 is 70.6 Å². The predicted molar refractivity (Wildman–Crippen MR) is 225 cm³/mol. The van der Waals surface area contributed by atoms with E-state index in [0.29, 0.717) is 53.6 Å². The smallest absolute Gasteiger partial charge is 0.272 e. The average Bonchev–Trinajstić information content (AvgIpc) is 3.28. The van der Waals surface area contributed by atoms with Gasteiger partial charge < -0.3 is 60.0 Å². The fraction of sp³-hybridized carbons (Fsp3) is 0.436. The second kappa shape index (κ2) is 19.5. The molecule has 0 saturated heterocycles. The molecule has 0 bridgehead atoms. The van der Waals surface area contributed by atoms with Crippen LogP contribution in [0.4, 0.5) is 22.7 Å². The molecule has 5 rings (SSSR count). The zero-order valence-corrected chi connectivity index (χ0v) is 35.1. The third-order valence-corrected chi connectivity index (χ3v) is 9.60. The lowest BCUT2D eigenvalue weighted by molar-refractivity contribution is -0.122. The lowest BCUT2D eigenvalue weighted by atomic mass is 10.2. The maximum atomic E-state index is 13.2. The summed E-state index contributed by atoms with van der Waals surface area (Å²) < 4.78 is 6.44. The highest BCUT2D eigenvalue weighted by molar-refractivity contribution is 6.08. The van der Waals surface area contributed by atoms with Crippen molar-refractivity contribution in [3.8, 4) is 0 Å². The highest BCUT2D eigenvalue weighted by Gasteiger charge is 2.48. The highest BCUT2D eigenvalue weighted by Crippen LogP contribution is 2.40. The number of hydrogen-bond acceptors (Lipinski definition) is 8. The van der Waals surface area contributed by atoms with Crippen molar-refractivity contribution in [3.63, 3.8) is 0 Å². The lowest BCUT2D eigenvalue weighted by Crippen LogP contribution is -2.28. The van der Waals surface area contributed by atoms with Crippen molar-refractivity contribution in [2.75, 3.05) is 75.6 Å². The number of carbonyl (C=O) groups is 6. The Bertz CT molecular complexity index is 2000. The van der Waals surface area contributed by atoms with E-state index in [2.05, 4.69) is 31.9 Å². The molecule has 6 N–H and O–H groups in total. The molecule has 18 nitrogen and oxygen atoms in total. The molecule has 0 unspecified atom stereocenters. The summed E-state index contributed by atoms with van der Waals surface area (Å²) in [5.41, 5.74) is 3.06. The van der Waals surface area contributed by atoms with Gasteiger partial charge in [0.05, 0.1) is 34.6 Å². The number of rotatable bonds is 18. The number of halogens is 1. The molecule has 0 spiro atoms. The first-order valence-electron chi connectivity index (χ1n) is 18.8. The first kappa shape index (κ1) is 44.9. The van der Waals surface area contributed by atoms with Crippen LogP contribution in [0, 0.1) is 11.8 Å². The van der Waals surface area contributed by atoms with Crippen LogP contribution in [0.3, 0.4) is 0 Å². The van der Waals surface area contributed by atoms with Gasteiger partial charge in [-0.2, -0.15) is 0 Å². The number of anilines is 4. The summed E-state index contributed by atoms with van der Waals surface area (Å²) in [6, 6.07) is 6.29. The number of nitrogens with zero attached hydrogens (tertiary/aromatic N) is 6. The number of nitrogens with one attached hydrogen (secondary N) is 6. The summed E-state index contributed by atoms with van der Waals surface area (Å²) in [6.45, 7) is 2.76. The number of aryl methyl sites for hydroxylation is 4. The summed E-state index contributed by atoms with van der Waals surface area (Å²) in [5.74, 6) is -3.17. The third kappa shape index (κ3) is 11.6. The summed E-state index contributed by atoms with van der Waals surface area (Å²) in [4.78, 5) is 81.9. The van der Waals surface area contributed by atoms with Gasteiger partial charge in [0.25, 0.3) is 23.6 Å². The van der Waals surface area contributed by atoms with E-state index in [9.17, 15) is 28.8 Å². The zero-order chi connectivity index (χ0) is 41.6. The molecule has 1 aliphatic carbocycles. The van der Waals surface area contributed by atoms with Crippen molar-refractivity contribution < 1.29 is 28.8 Å². The Kier molecular flexibility index (Phi) is 15.1. The minimum atomic E-state index is -0.566. The Labute approximate surface area is 344 Å². The van der Waals surface area contributed by atoms with E-state index in [4.69, 9.17) is 0 Å². The van der Waals surface area contributed by atoms with E-state index < -0.39 is 23.7 Å². The van der Waals surface area contributed by atoms with E-state index in [0.717, 1.165) is 25.9 Å². The molecule has 4 aromatic rings. The van der Waals surface area contributed by atoms with Gasteiger partial charge in [-0.3, -0.25) is 28.8 Å². The maximum Gasteiger partial charge on any atom is 0.272 e. The van der Waals surface area contributed by atoms with E-state index >= 15 is 0 Å². The van der Waals surface area contributed by atoms with Gasteiger partial charge in [0, 0.05) is 66.1 Å². The number of amides is 6. The van der Waals surface area contributed by atoms with Gasteiger partial charge in [0.2, 0.25) is 11.8 Å². The Hall–Kier alpha value is -5.85. The van der Waals surface area contributed by atoms with Crippen LogP contribution in [0.5, 0.6) is 0 Å². The van der Waals surface area contributed by atoms with Crippen LogP contribution in [0.1, 0.15) is 61.2 Å². The van der Waals surface area contributed by atoms with Crippen molar-refractivity contribution in [1.82, 2.24) is 38.7 Å². The topological polar surface area (TPSA) is 201 Å². The number of aromatic nitrogens is 4. The fourth-order valence-electron chi connectivity index (χ4n) is 6.44. The van der Waals surface area contributed by atoms with Crippen molar-refractivity contribution in [2.45, 2.75) is 19.3 Å². The first-order valence-corrected chi connectivity index (χ1v) is 18.8. The van der Waals surface area contributed by atoms with Gasteiger partial charge in [-0.1, -0.05) is 0 Å². The number of carbonyl (C=O) groups excluding carboxylic acids is 6. The summed E-state index contributed by atoms with van der Waals surface area (Å²) in [5, 5.41) is 17.0. The first-order chi connectivity index (χ1) is 27.0. The molecule has 4 heterocycles. The van der Waals surface area contributed by atoms with Crippen LogP contribution in [0.25, 0.3) is 0 Å². The lowest BCUT2D eigenvalue weighted by Gasteiger charge is -2.10. The molecule has 2 atom stereocenters. The van der Waals surface area contributed by atoms with Crippen LogP contribution >= 0.6 is 12.4 Å². The summed E-state index contributed by atoms with van der Waals surface area (Å²) in [7, 11) is 14.7. The van der Waals surface area contributed by atoms with Gasteiger partial charge in [-0.05, 0) is 84.8 Å². The molecule has 6 amide bonds. The van der Waals surface area contributed by atoms with Crippen LogP contribution in [-0.2, 0) is 37.8 Å². The van der Waals surface area contributed by atoms with Gasteiger partial charge in [0.1, 0.15) is 22.8 Å². The molecule has 1 aliphatic rings. The van der Waals surface area contributed by atoms with E-state index in [1.54, 1.807) is 95.5 Å². The van der Waals surface area contributed by atoms with Crippen molar-refractivity contribution in [1.29, 1.82) is 0 Å². The van der Waals surface area contributed by atoms with Crippen molar-refractivity contribution in [3.05, 3.63) is 71.8 Å². The molecule has 4 aromatic heterocycles. The minimum absolute atomic E-state index is 0. The molecule has 58 heavy (non-hydrogen) atoms. The second-order valence-corrected chi connectivity index (χ2v) is 15.1. The molecule has 0 radical (unpaired) electrons. The third-order valence-electron chi connectivity index (χ3n) is 9.60. The highest BCUT2D eigenvalue weighted by atomic mass is 35.5. The molecule has 19 heteroatoms. The predicted octanol–water partition coefficient (Wildman–Crippen LogP) is 2.54. The van der Waals surface area contributed by atoms with E-state index in [1.807, 2.05) is 38.0 Å². The van der Waals surface area contributed by atoms with Crippen LogP contribution in [-0.4, -0.2) is 118 Å². The molecule has 314 valence electrons. The minimum Gasteiger partial charge on any atom is -0.351 e. The van der Waals surface area contributed by atoms with Crippen molar-refractivity contribution in [2.24, 2.45) is 40.0 Å². The van der Waals surface area contributed by atoms with E-state index in [-0.39, 0.29) is 47.4 Å². The van der Waals surface area contributed by atoms with Crippen LogP contribution < -0.4 is 31.9 Å². The Morgan fingerprint density at radius 1 is 0.517 bits per heavy atom. The largest absolute Gasteiger partial charge is 0.351 e. The fourth-order valence-corrected chi connectivity index (χ4v) is 6.44. The van der Waals surface area contributed by atoms with Gasteiger partial charge >= 0.3 is 0 Å². The van der Waals surface area contributed by atoms with E-state index in [1.165, 1.54) is 0 Å². The monoisotopic (exact) mass is 822 g/mol. The standard InChI is InChI=1S/C39H54N12O6.ClH/c1-46(2)13-9-11-40-36(54)30-15-26(22-48(30)5)44-38(56)32-17-24(20-50(32)7)42-34(52)28-19-29(28)35(53)43-25-18-33(51(8)21-25)39(57)45-27-16-31(49(6)23-27)37(55)41-12-10-14-47(3)4;/h15-18,20-23,28-29H,9-14,19H2,1-8H3,(H,40,54)(H,41,55)(H,42,52)(H,43,53)(H,44,56)(H,45,57);1H/t28-,29-;/m0./s1.